The number of benzene rings is 1. The number of nitrogens with zero attached hydrogens (tertiary/aromatic N) is 1. The SMILES string of the molecule is CN(C)CCOc1cccc(CNC(N)=O)c1. The summed E-state index contributed by atoms with van der Waals surface area (Å²) in [5, 5.41) is 2.54. The summed E-state index contributed by atoms with van der Waals surface area (Å²) in [5.74, 6) is 0.802. The molecule has 0 saturated carbocycles. The lowest BCUT2D eigenvalue weighted by atomic mass is 10.2. The average Bonchev–Trinajstić information content (AvgIpc) is 2.26. The fourth-order valence-corrected chi connectivity index (χ4v) is 1.28. The summed E-state index contributed by atoms with van der Waals surface area (Å²) in [6.45, 7) is 1.92. The highest BCUT2D eigenvalue weighted by Gasteiger charge is 1.99. The van der Waals surface area contributed by atoms with Crippen molar-refractivity contribution in [3.05, 3.63) is 29.8 Å². The van der Waals surface area contributed by atoms with Gasteiger partial charge in [-0.15, -0.1) is 0 Å². The summed E-state index contributed by atoms with van der Waals surface area (Å²) in [5.41, 5.74) is 5.97. The third-order valence-corrected chi connectivity index (χ3v) is 2.17. The Balaban J connectivity index is 2.45. The summed E-state index contributed by atoms with van der Waals surface area (Å²) in [7, 11) is 3.99. The lowest BCUT2D eigenvalue weighted by Gasteiger charge is -2.11. The number of carbonyl (C=O) groups excluding carboxylic acids is 1. The van der Waals surface area contributed by atoms with Gasteiger partial charge in [-0.05, 0) is 31.8 Å². The highest BCUT2D eigenvalue weighted by atomic mass is 16.5. The van der Waals surface area contributed by atoms with Crippen molar-refractivity contribution in [1.82, 2.24) is 10.2 Å². The molecular weight excluding hydrogens is 218 g/mol. The van der Waals surface area contributed by atoms with E-state index in [2.05, 4.69) is 10.2 Å². The fraction of sp³-hybridized carbons (Fsp3) is 0.417. The maximum absolute atomic E-state index is 10.6. The zero-order valence-electron chi connectivity index (χ0n) is 10.3. The molecule has 0 unspecified atom stereocenters. The first-order valence-corrected chi connectivity index (χ1v) is 5.47. The van der Waals surface area contributed by atoms with E-state index in [1.54, 1.807) is 0 Å². The number of hydrogen-bond acceptors (Lipinski definition) is 3. The van der Waals surface area contributed by atoms with Crippen LogP contribution in [0.1, 0.15) is 5.56 Å². The molecule has 2 amide bonds. The molecule has 0 aromatic heterocycles. The summed E-state index contributed by atoms with van der Waals surface area (Å²) in [4.78, 5) is 12.6. The quantitative estimate of drug-likeness (QED) is 0.769. The molecule has 0 aliphatic carbocycles. The van der Waals surface area contributed by atoms with Gasteiger partial charge < -0.3 is 20.7 Å². The first kappa shape index (κ1) is 13.3. The van der Waals surface area contributed by atoms with E-state index in [4.69, 9.17) is 10.5 Å². The standard InChI is InChI=1S/C12H19N3O2/c1-15(2)6-7-17-11-5-3-4-10(8-11)9-14-12(13)16/h3-5,8H,6-7,9H2,1-2H3,(H3,13,14,16). The number of hydrogen-bond donors (Lipinski definition) is 2. The summed E-state index contributed by atoms with van der Waals surface area (Å²) >= 11 is 0. The molecule has 1 aromatic carbocycles. The van der Waals surface area contributed by atoms with E-state index in [0.29, 0.717) is 13.2 Å². The van der Waals surface area contributed by atoms with Crippen LogP contribution in [0.4, 0.5) is 4.79 Å². The Hall–Kier alpha value is -1.75. The van der Waals surface area contributed by atoms with Crippen LogP contribution in [0.3, 0.4) is 0 Å². The molecule has 5 heteroatoms. The Morgan fingerprint density at radius 2 is 2.24 bits per heavy atom. The molecule has 1 rings (SSSR count). The number of nitrogens with two attached hydrogens (primary N) is 1. The van der Waals surface area contributed by atoms with Crippen LogP contribution in [-0.2, 0) is 6.54 Å². The van der Waals surface area contributed by atoms with Crippen LogP contribution >= 0.6 is 0 Å². The third kappa shape index (κ3) is 5.77. The Kier molecular flexibility index (Phi) is 5.29. The van der Waals surface area contributed by atoms with Gasteiger partial charge in [0.2, 0.25) is 0 Å². The van der Waals surface area contributed by atoms with Gasteiger partial charge in [0.25, 0.3) is 0 Å². The molecule has 1 aromatic rings. The highest BCUT2D eigenvalue weighted by molar-refractivity contribution is 5.71. The Bertz CT molecular complexity index is 367. The zero-order valence-corrected chi connectivity index (χ0v) is 10.3. The van der Waals surface area contributed by atoms with E-state index in [-0.39, 0.29) is 0 Å². The molecule has 0 saturated heterocycles. The highest BCUT2D eigenvalue weighted by Crippen LogP contribution is 2.13. The number of primary amides is 1. The van der Waals surface area contributed by atoms with E-state index >= 15 is 0 Å². The van der Waals surface area contributed by atoms with Crippen LogP contribution in [-0.4, -0.2) is 38.2 Å². The van der Waals surface area contributed by atoms with Gasteiger partial charge in [0, 0.05) is 13.1 Å². The van der Waals surface area contributed by atoms with Crippen molar-refractivity contribution in [2.75, 3.05) is 27.2 Å². The predicted molar refractivity (Wildman–Crippen MR) is 66.9 cm³/mol. The van der Waals surface area contributed by atoms with Crippen molar-refractivity contribution in [3.8, 4) is 5.75 Å². The number of rotatable bonds is 6. The van der Waals surface area contributed by atoms with Crippen LogP contribution in [0.25, 0.3) is 0 Å². The Morgan fingerprint density at radius 3 is 2.88 bits per heavy atom. The van der Waals surface area contributed by atoms with Crippen molar-refractivity contribution in [3.63, 3.8) is 0 Å². The van der Waals surface area contributed by atoms with Crippen molar-refractivity contribution in [2.24, 2.45) is 5.73 Å². The zero-order chi connectivity index (χ0) is 12.7. The van der Waals surface area contributed by atoms with Crippen molar-refractivity contribution < 1.29 is 9.53 Å². The van der Waals surface area contributed by atoms with E-state index in [1.165, 1.54) is 0 Å². The Morgan fingerprint density at radius 1 is 1.47 bits per heavy atom. The second-order valence-corrected chi connectivity index (χ2v) is 4.02. The number of ether oxygens (including phenoxy) is 1. The summed E-state index contributed by atoms with van der Waals surface area (Å²) in [6, 6.07) is 7.07. The molecule has 94 valence electrons. The van der Waals surface area contributed by atoms with Gasteiger partial charge in [0.15, 0.2) is 0 Å². The minimum Gasteiger partial charge on any atom is -0.492 e. The van der Waals surface area contributed by atoms with Crippen molar-refractivity contribution >= 4 is 6.03 Å². The molecule has 0 aliphatic rings. The van der Waals surface area contributed by atoms with Gasteiger partial charge >= 0.3 is 6.03 Å². The molecule has 0 bridgehead atoms. The summed E-state index contributed by atoms with van der Waals surface area (Å²) in [6.07, 6.45) is 0. The largest absolute Gasteiger partial charge is 0.492 e. The van der Waals surface area contributed by atoms with Gasteiger partial charge in [-0.3, -0.25) is 0 Å². The molecule has 17 heavy (non-hydrogen) atoms. The molecule has 3 N–H and O–H groups in total. The molecule has 0 radical (unpaired) electrons. The number of amides is 2. The van der Waals surface area contributed by atoms with Crippen molar-refractivity contribution in [1.29, 1.82) is 0 Å². The lowest BCUT2D eigenvalue weighted by molar-refractivity contribution is 0.248. The van der Waals surface area contributed by atoms with Gasteiger partial charge in [0.05, 0.1) is 0 Å². The minimum atomic E-state index is -0.524. The normalized spacial score (nSPS) is 10.3. The van der Waals surface area contributed by atoms with Crippen LogP contribution in [0.5, 0.6) is 5.75 Å². The van der Waals surface area contributed by atoms with E-state index in [9.17, 15) is 4.79 Å². The van der Waals surface area contributed by atoms with Gasteiger partial charge in [-0.1, -0.05) is 12.1 Å². The maximum Gasteiger partial charge on any atom is 0.312 e. The Labute approximate surface area is 102 Å². The second-order valence-electron chi connectivity index (χ2n) is 4.02. The predicted octanol–water partition coefficient (Wildman–Crippen LogP) is 0.795. The van der Waals surface area contributed by atoms with Crippen LogP contribution in [0.15, 0.2) is 24.3 Å². The molecule has 0 fully saturated rings. The smallest absolute Gasteiger partial charge is 0.312 e. The van der Waals surface area contributed by atoms with Crippen LogP contribution in [0.2, 0.25) is 0 Å². The van der Waals surface area contributed by atoms with E-state index in [0.717, 1.165) is 17.9 Å². The molecule has 5 nitrogen and oxygen atoms in total. The monoisotopic (exact) mass is 237 g/mol. The minimum absolute atomic E-state index is 0.417. The third-order valence-electron chi connectivity index (χ3n) is 2.17. The lowest BCUT2D eigenvalue weighted by Crippen LogP contribution is -2.28. The van der Waals surface area contributed by atoms with E-state index in [1.807, 2.05) is 38.4 Å². The number of urea groups is 1. The topological polar surface area (TPSA) is 67.6 Å². The van der Waals surface area contributed by atoms with Crippen LogP contribution in [0, 0.1) is 0 Å². The molecule has 0 heterocycles. The maximum atomic E-state index is 10.6. The first-order valence-electron chi connectivity index (χ1n) is 5.47. The second kappa shape index (κ2) is 6.75. The van der Waals surface area contributed by atoms with Gasteiger partial charge in [0.1, 0.15) is 12.4 Å². The van der Waals surface area contributed by atoms with Crippen molar-refractivity contribution in [2.45, 2.75) is 6.54 Å². The van der Waals surface area contributed by atoms with E-state index < -0.39 is 6.03 Å². The molecular formula is C12H19N3O2. The van der Waals surface area contributed by atoms with Gasteiger partial charge in [-0.25, -0.2) is 4.79 Å². The fourth-order valence-electron chi connectivity index (χ4n) is 1.28. The molecule has 0 spiro atoms. The number of carbonyl (C=O) groups is 1. The molecule has 0 atom stereocenters. The number of likely N-dealkylation sites (N-methyl/N-ethyl adjacent to an activating group) is 1. The van der Waals surface area contributed by atoms with Gasteiger partial charge in [-0.2, -0.15) is 0 Å². The first-order chi connectivity index (χ1) is 8.08. The molecule has 0 aliphatic heterocycles. The van der Waals surface area contributed by atoms with Crippen LogP contribution < -0.4 is 15.8 Å². The average molecular weight is 237 g/mol. The summed E-state index contributed by atoms with van der Waals surface area (Å²) < 4.78 is 5.58. The number of nitrogens with one attached hydrogen (secondary N) is 1.